The highest BCUT2D eigenvalue weighted by Gasteiger charge is 2.19. The summed E-state index contributed by atoms with van der Waals surface area (Å²) >= 11 is 0. The normalized spacial score (nSPS) is 10.9. The van der Waals surface area contributed by atoms with Gasteiger partial charge in [0.25, 0.3) is 0 Å². The monoisotopic (exact) mass is 350 g/mol. The molecule has 0 atom stereocenters. The maximum absolute atomic E-state index is 12.4. The van der Waals surface area contributed by atoms with Crippen molar-refractivity contribution in [3.63, 3.8) is 0 Å². The Hall–Kier alpha value is -2.54. The molecule has 0 aromatic heterocycles. The Morgan fingerprint density at radius 2 is 1.54 bits per heavy atom. The van der Waals surface area contributed by atoms with Crippen molar-refractivity contribution in [3.05, 3.63) is 54.1 Å². The molecule has 7 heteroatoms. The summed E-state index contributed by atoms with van der Waals surface area (Å²) in [5, 5.41) is 0. The Balaban J connectivity index is 2.23. The Kier molecular flexibility index (Phi) is 5.81. The Labute approximate surface area is 141 Å². The molecule has 0 saturated heterocycles. The lowest BCUT2D eigenvalue weighted by Crippen LogP contribution is -2.11. The van der Waals surface area contributed by atoms with Crippen LogP contribution in [-0.4, -0.2) is 27.6 Å². The van der Waals surface area contributed by atoms with Crippen LogP contribution in [0.2, 0.25) is 0 Å². The first-order valence-electron chi connectivity index (χ1n) is 7.41. The summed E-state index contributed by atoms with van der Waals surface area (Å²) in [5.41, 5.74) is 0.269. The SMILES string of the molecule is CCOC(=O)c1ccc(S(=O)(=O)Oc2ccccc2OCC)cc1. The standard InChI is InChI=1S/C17H18O6S/c1-3-21-15-7-5-6-8-16(15)23-24(19,20)14-11-9-13(10-12-14)17(18)22-4-2/h5-12H,3-4H2,1-2H3. The van der Waals surface area contributed by atoms with Gasteiger partial charge in [-0.25, -0.2) is 4.79 Å². The van der Waals surface area contributed by atoms with E-state index in [1.54, 1.807) is 32.0 Å². The number of para-hydroxylation sites is 2. The van der Waals surface area contributed by atoms with Crippen molar-refractivity contribution in [2.24, 2.45) is 0 Å². The van der Waals surface area contributed by atoms with E-state index in [0.717, 1.165) is 0 Å². The number of hydrogen-bond donors (Lipinski definition) is 0. The van der Waals surface area contributed by atoms with E-state index in [9.17, 15) is 13.2 Å². The number of esters is 1. The smallest absolute Gasteiger partial charge is 0.339 e. The molecule has 0 aliphatic carbocycles. The second-order valence-electron chi connectivity index (χ2n) is 4.66. The number of carbonyl (C=O) groups is 1. The van der Waals surface area contributed by atoms with Crippen LogP contribution in [-0.2, 0) is 14.9 Å². The third kappa shape index (κ3) is 4.26. The van der Waals surface area contributed by atoms with E-state index in [-0.39, 0.29) is 22.8 Å². The minimum absolute atomic E-state index is 0.0677. The van der Waals surface area contributed by atoms with E-state index in [4.69, 9.17) is 13.7 Å². The van der Waals surface area contributed by atoms with Gasteiger partial charge >= 0.3 is 16.1 Å². The topological polar surface area (TPSA) is 78.9 Å². The quantitative estimate of drug-likeness (QED) is 0.564. The predicted octanol–water partition coefficient (Wildman–Crippen LogP) is 3.03. The first-order valence-corrected chi connectivity index (χ1v) is 8.82. The number of ether oxygens (including phenoxy) is 2. The molecule has 24 heavy (non-hydrogen) atoms. The van der Waals surface area contributed by atoms with Gasteiger partial charge in [-0.1, -0.05) is 12.1 Å². The first-order chi connectivity index (χ1) is 11.5. The summed E-state index contributed by atoms with van der Waals surface area (Å²) in [5.74, 6) is -0.0652. The van der Waals surface area contributed by atoms with E-state index in [1.807, 2.05) is 0 Å². The fourth-order valence-corrected chi connectivity index (χ4v) is 2.87. The zero-order chi connectivity index (χ0) is 17.6. The van der Waals surface area contributed by atoms with Crippen molar-refractivity contribution >= 4 is 16.1 Å². The average molecular weight is 350 g/mol. The molecule has 2 aromatic rings. The van der Waals surface area contributed by atoms with Gasteiger partial charge in [-0.15, -0.1) is 0 Å². The van der Waals surface area contributed by atoms with Crippen molar-refractivity contribution < 1.29 is 26.9 Å². The zero-order valence-corrected chi connectivity index (χ0v) is 14.2. The molecule has 0 bridgehead atoms. The van der Waals surface area contributed by atoms with Crippen LogP contribution in [0.25, 0.3) is 0 Å². The van der Waals surface area contributed by atoms with Crippen LogP contribution < -0.4 is 8.92 Å². The molecular formula is C17H18O6S. The molecule has 0 aliphatic heterocycles. The molecule has 0 N–H and O–H groups in total. The summed E-state index contributed by atoms with van der Waals surface area (Å²) in [7, 11) is -4.04. The zero-order valence-electron chi connectivity index (χ0n) is 13.4. The number of rotatable bonds is 7. The summed E-state index contributed by atoms with van der Waals surface area (Å²) in [6.45, 7) is 4.12. The van der Waals surface area contributed by atoms with E-state index in [0.29, 0.717) is 12.4 Å². The number of hydrogen-bond acceptors (Lipinski definition) is 6. The van der Waals surface area contributed by atoms with Gasteiger partial charge in [0.2, 0.25) is 0 Å². The summed E-state index contributed by atoms with van der Waals surface area (Å²) in [6, 6.07) is 11.9. The van der Waals surface area contributed by atoms with Crippen LogP contribution in [0.4, 0.5) is 0 Å². The minimum atomic E-state index is -4.04. The molecule has 2 aromatic carbocycles. The molecule has 0 fully saturated rings. The van der Waals surface area contributed by atoms with Gasteiger partial charge in [-0.05, 0) is 50.2 Å². The van der Waals surface area contributed by atoms with E-state index in [2.05, 4.69) is 0 Å². The average Bonchev–Trinajstić information content (AvgIpc) is 2.57. The van der Waals surface area contributed by atoms with Gasteiger partial charge in [-0.2, -0.15) is 8.42 Å². The fourth-order valence-electron chi connectivity index (χ4n) is 1.93. The second kappa shape index (κ2) is 7.83. The van der Waals surface area contributed by atoms with Gasteiger partial charge in [-0.3, -0.25) is 0 Å². The molecular weight excluding hydrogens is 332 g/mol. The molecule has 0 saturated carbocycles. The third-order valence-corrected chi connectivity index (χ3v) is 4.25. The van der Waals surface area contributed by atoms with Crippen molar-refractivity contribution in [2.45, 2.75) is 18.7 Å². The van der Waals surface area contributed by atoms with Crippen LogP contribution in [0.5, 0.6) is 11.5 Å². The molecule has 128 valence electrons. The molecule has 6 nitrogen and oxygen atoms in total. The number of carbonyl (C=O) groups excluding carboxylic acids is 1. The van der Waals surface area contributed by atoms with Gasteiger partial charge in [0, 0.05) is 0 Å². The van der Waals surface area contributed by atoms with Gasteiger partial charge < -0.3 is 13.7 Å². The maximum Gasteiger partial charge on any atom is 0.339 e. The summed E-state index contributed by atoms with van der Waals surface area (Å²) in [4.78, 5) is 11.5. The van der Waals surface area contributed by atoms with Crippen molar-refractivity contribution in [3.8, 4) is 11.5 Å². The minimum Gasteiger partial charge on any atom is -0.490 e. The Morgan fingerprint density at radius 1 is 0.917 bits per heavy atom. The molecule has 2 rings (SSSR count). The van der Waals surface area contributed by atoms with Crippen molar-refractivity contribution in [2.75, 3.05) is 13.2 Å². The first kappa shape index (κ1) is 17.8. The van der Waals surface area contributed by atoms with Crippen LogP contribution in [0.1, 0.15) is 24.2 Å². The van der Waals surface area contributed by atoms with Gasteiger partial charge in [0.05, 0.1) is 18.8 Å². The van der Waals surface area contributed by atoms with Gasteiger partial charge in [0.15, 0.2) is 11.5 Å². The number of benzene rings is 2. The van der Waals surface area contributed by atoms with Crippen molar-refractivity contribution in [1.29, 1.82) is 0 Å². The molecule has 0 unspecified atom stereocenters. The molecule has 0 radical (unpaired) electrons. The predicted molar refractivity (Wildman–Crippen MR) is 87.8 cm³/mol. The van der Waals surface area contributed by atoms with E-state index >= 15 is 0 Å². The largest absolute Gasteiger partial charge is 0.490 e. The third-order valence-electron chi connectivity index (χ3n) is 3.00. The maximum atomic E-state index is 12.4. The van der Waals surface area contributed by atoms with E-state index in [1.165, 1.54) is 30.3 Å². The lowest BCUT2D eigenvalue weighted by Gasteiger charge is -2.11. The van der Waals surface area contributed by atoms with Gasteiger partial charge in [0.1, 0.15) is 4.90 Å². The van der Waals surface area contributed by atoms with E-state index < -0.39 is 16.1 Å². The summed E-state index contributed by atoms with van der Waals surface area (Å²) in [6.07, 6.45) is 0. The van der Waals surface area contributed by atoms with Crippen LogP contribution in [0.3, 0.4) is 0 Å². The highest BCUT2D eigenvalue weighted by molar-refractivity contribution is 7.87. The lowest BCUT2D eigenvalue weighted by molar-refractivity contribution is 0.0526. The highest BCUT2D eigenvalue weighted by Crippen LogP contribution is 2.29. The molecule has 0 aliphatic rings. The molecule has 0 amide bonds. The molecule has 0 spiro atoms. The lowest BCUT2D eigenvalue weighted by atomic mass is 10.2. The summed E-state index contributed by atoms with van der Waals surface area (Å²) < 4.78 is 40.1. The van der Waals surface area contributed by atoms with Crippen LogP contribution in [0.15, 0.2) is 53.4 Å². The van der Waals surface area contributed by atoms with Crippen molar-refractivity contribution in [1.82, 2.24) is 0 Å². The molecule has 0 heterocycles. The highest BCUT2D eigenvalue weighted by atomic mass is 32.2. The Bertz CT molecular complexity index is 796. The Morgan fingerprint density at radius 3 is 2.12 bits per heavy atom. The van der Waals surface area contributed by atoms with Crippen LogP contribution in [0, 0.1) is 0 Å². The fraction of sp³-hybridized carbons (Fsp3) is 0.235. The van der Waals surface area contributed by atoms with Crippen LogP contribution >= 0.6 is 0 Å². The second-order valence-corrected chi connectivity index (χ2v) is 6.21.